The molecule has 0 amide bonds. The second-order valence-corrected chi connectivity index (χ2v) is 13.7. The Balaban J connectivity index is 1.66. The molecule has 0 spiro atoms. The molecule has 1 heterocycles. The average Bonchev–Trinajstić information content (AvgIpc) is 2.90. The molecule has 2 aliphatic rings. The van der Waals surface area contributed by atoms with Crippen molar-refractivity contribution in [3.05, 3.63) is 115 Å². The van der Waals surface area contributed by atoms with E-state index in [0.29, 0.717) is 45.6 Å². The SMILES string of the molecule is Cc1ccc(N2C(N)=C(C#N)C(c3cc(C)cc(CSc4cc(Cl)ccc4Cl)c3C)C3=C2CC(C)(C)CC3=O)cc1. The van der Waals surface area contributed by atoms with Gasteiger partial charge in [0.2, 0.25) is 0 Å². The largest absolute Gasteiger partial charge is 0.384 e. The molecule has 210 valence electrons. The minimum Gasteiger partial charge on any atom is -0.384 e. The molecule has 1 aliphatic heterocycles. The molecule has 1 aliphatic carbocycles. The molecule has 2 N–H and O–H groups in total. The van der Waals surface area contributed by atoms with Crippen LogP contribution in [-0.2, 0) is 10.5 Å². The number of rotatable bonds is 5. The van der Waals surface area contributed by atoms with Crippen LogP contribution < -0.4 is 10.6 Å². The molecule has 1 unspecified atom stereocenters. The molecule has 0 radical (unpaired) electrons. The van der Waals surface area contributed by atoms with Crippen molar-refractivity contribution >= 4 is 46.4 Å². The third kappa shape index (κ3) is 5.66. The highest BCUT2D eigenvalue weighted by Gasteiger charge is 2.45. The van der Waals surface area contributed by atoms with Crippen LogP contribution in [0.25, 0.3) is 0 Å². The number of allylic oxidation sites excluding steroid dienone is 3. The number of Topliss-reactive ketones (excluding diaryl/α,β-unsaturated/α-hetero) is 1. The molecule has 0 saturated heterocycles. The number of anilines is 1. The van der Waals surface area contributed by atoms with Gasteiger partial charge in [-0.1, -0.05) is 72.4 Å². The predicted molar refractivity (Wildman–Crippen MR) is 170 cm³/mol. The Labute approximate surface area is 256 Å². The number of hydrogen-bond acceptors (Lipinski definition) is 5. The third-order valence-corrected chi connectivity index (χ3v) is 9.74. The maximum atomic E-state index is 14.0. The molecular weight excluding hydrogens is 569 g/mol. The van der Waals surface area contributed by atoms with E-state index < -0.39 is 5.92 Å². The van der Waals surface area contributed by atoms with Crippen molar-refractivity contribution in [2.75, 3.05) is 4.90 Å². The van der Waals surface area contributed by atoms with Crippen molar-refractivity contribution in [1.82, 2.24) is 0 Å². The molecule has 0 aromatic heterocycles. The van der Waals surface area contributed by atoms with Gasteiger partial charge >= 0.3 is 0 Å². The lowest BCUT2D eigenvalue weighted by Crippen LogP contribution is -2.42. The van der Waals surface area contributed by atoms with E-state index >= 15 is 0 Å². The van der Waals surface area contributed by atoms with Crippen molar-refractivity contribution in [3.63, 3.8) is 0 Å². The highest BCUT2D eigenvalue weighted by atomic mass is 35.5. The molecule has 7 heteroatoms. The Hall–Kier alpha value is -3.17. The first-order chi connectivity index (χ1) is 19.4. The van der Waals surface area contributed by atoms with Crippen LogP contribution in [0.4, 0.5) is 5.69 Å². The van der Waals surface area contributed by atoms with Crippen LogP contribution in [0.15, 0.2) is 82.2 Å². The standard InChI is InChI=1S/C34H33Cl2N3OS/c1-19-6-9-24(10-7-19)39-28-15-34(4,5)16-29(40)32(28)31(26(17-37)33(39)38)25-13-20(2)12-22(21(25)3)18-41-30-14-23(35)8-11-27(30)36/h6-14,31H,15-16,18,38H2,1-5H3. The summed E-state index contributed by atoms with van der Waals surface area (Å²) >= 11 is 14.3. The first kappa shape index (κ1) is 29.3. The van der Waals surface area contributed by atoms with Crippen LogP contribution in [-0.4, -0.2) is 5.78 Å². The van der Waals surface area contributed by atoms with Gasteiger partial charge in [0.1, 0.15) is 5.82 Å². The number of nitriles is 1. The molecule has 4 nitrogen and oxygen atoms in total. The lowest BCUT2D eigenvalue weighted by molar-refractivity contribution is -0.118. The molecule has 0 bridgehead atoms. The summed E-state index contributed by atoms with van der Waals surface area (Å²) in [6.07, 6.45) is 1.10. The predicted octanol–water partition coefficient (Wildman–Crippen LogP) is 9.15. The summed E-state index contributed by atoms with van der Waals surface area (Å²) in [4.78, 5) is 16.8. The number of nitrogens with two attached hydrogens (primary N) is 1. The Kier molecular flexibility index (Phi) is 8.05. The number of carbonyl (C=O) groups is 1. The van der Waals surface area contributed by atoms with E-state index in [2.05, 4.69) is 39.0 Å². The monoisotopic (exact) mass is 601 g/mol. The third-order valence-electron chi connectivity index (χ3n) is 7.96. The molecule has 1 atom stereocenters. The lowest BCUT2D eigenvalue weighted by Gasteiger charge is -2.44. The Morgan fingerprint density at radius 3 is 2.41 bits per heavy atom. The number of nitrogens with zero attached hydrogens (tertiary/aromatic N) is 2. The van der Waals surface area contributed by atoms with E-state index in [1.54, 1.807) is 23.9 Å². The van der Waals surface area contributed by atoms with Gasteiger partial charge < -0.3 is 5.73 Å². The Morgan fingerprint density at radius 1 is 1.02 bits per heavy atom. The van der Waals surface area contributed by atoms with Crippen molar-refractivity contribution < 1.29 is 4.79 Å². The van der Waals surface area contributed by atoms with E-state index in [1.165, 1.54) is 0 Å². The number of thioether (sulfide) groups is 1. The highest BCUT2D eigenvalue weighted by molar-refractivity contribution is 7.98. The van der Waals surface area contributed by atoms with Crippen LogP contribution in [0.3, 0.4) is 0 Å². The van der Waals surface area contributed by atoms with Gasteiger partial charge in [-0.2, -0.15) is 5.26 Å². The second-order valence-electron chi connectivity index (χ2n) is 11.8. The quantitative estimate of drug-likeness (QED) is 0.295. The van der Waals surface area contributed by atoms with Gasteiger partial charge in [0, 0.05) is 39.0 Å². The summed E-state index contributed by atoms with van der Waals surface area (Å²) in [7, 11) is 0. The van der Waals surface area contributed by atoms with Crippen LogP contribution in [0.1, 0.15) is 60.4 Å². The first-order valence-electron chi connectivity index (χ1n) is 13.6. The maximum absolute atomic E-state index is 14.0. The van der Waals surface area contributed by atoms with Crippen LogP contribution >= 0.6 is 35.0 Å². The number of benzene rings is 3. The molecule has 0 saturated carbocycles. The van der Waals surface area contributed by atoms with Crippen molar-refractivity contribution in [1.29, 1.82) is 5.26 Å². The zero-order chi connectivity index (χ0) is 29.6. The molecule has 5 rings (SSSR count). The summed E-state index contributed by atoms with van der Waals surface area (Å²) in [5, 5.41) is 11.8. The second kappa shape index (κ2) is 11.2. The Morgan fingerprint density at radius 2 is 1.73 bits per heavy atom. The zero-order valence-corrected chi connectivity index (χ0v) is 26.3. The Bertz CT molecular complexity index is 1660. The van der Waals surface area contributed by atoms with Gasteiger partial charge in [0.15, 0.2) is 5.78 Å². The minimum atomic E-state index is -0.529. The van der Waals surface area contributed by atoms with E-state index in [9.17, 15) is 10.1 Å². The topological polar surface area (TPSA) is 70.1 Å². The summed E-state index contributed by atoms with van der Waals surface area (Å²) < 4.78 is 0. The highest BCUT2D eigenvalue weighted by Crippen LogP contribution is 2.51. The molecule has 41 heavy (non-hydrogen) atoms. The van der Waals surface area contributed by atoms with Crippen LogP contribution in [0, 0.1) is 37.5 Å². The molecule has 3 aromatic carbocycles. The first-order valence-corrected chi connectivity index (χ1v) is 15.3. The van der Waals surface area contributed by atoms with Gasteiger partial charge in [0.05, 0.1) is 22.6 Å². The van der Waals surface area contributed by atoms with Gasteiger partial charge in [-0.3, -0.25) is 9.69 Å². The zero-order valence-electron chi connectivity index (χ0n) is 23.9. The van der Waals surface area contributed by atoms with E-state index in [1.807, 2.05) is 49.1 Å². The number of hydrogen-bond donors (Lipinski definition) is 1. The fourth-order valence-electron chi connectivity index (χ4n) is 5.97. The maximum Gasteiger partial charge on any atom is 0.162 e. The van der Waals surface area contributed by atoms with Gasteiger partial charge in [-0.25, -0.2) is 0 Å². The smallest absolute Gasteiger partial charge is 0.162 e. The molecule has 3 aromatic rings. The number of ketones is 1. The summed E-state index contributed by atoms with van der Waals surface area (Å²) in [5.41, 5.74) is 14.8. The lowest BCUT2D eigenvalue weighted by atomic mass is 9.68. The fourth-order valence-corrected chi connectivity index (χ4v) is 7.51. The van der Waals surface area contributed by atoms with Crippen molar-refractivity contribution in [3.8, 4) is 6.07 Å². The number of aryl methyl sites for hydroxylation is 2. The van der Waals surface area contributed by atoms with Gasteiger partial charge in [0.25, 0.3) is 0 Å². The van der Waals surface area contributed by atoms with E-state index in [0.717, 1.165) is 44.1 Å². The van der Waals surface area contributed by atoms with Gasteiger partial charge in [-0.15, -0.1) is 11.8 Å². The normalized spacial score (nSPS) is 18.4. The summed E-state index contributed by atoms with van der Waals surface area (Å²) in [6.45, 7) is 10.4. The minimum absolute atomic E-state index is 0.0705. The van der Waals surface area contributed by atoms with Crippen molar-refractivity contribution in [2.24, 2.45) is 11.1 Å². The van der Waals surface area contributed by atoms with Crippen LogP contribution in [0.2, 0.25) is 10.0 Å². The fraction of sp³-hybridized carbons (Fsp3) is 0.294. The van der Waals surface area contributed by atoms with E-state index in [-0.39, 0.29) is 11.2 Å². The summed E-state index contributed by atoms with van der Waals surface area (Å²) in [5.74, 6) is 0.588. The molecule has 0 fully saturated rings. The van der Waals surface area contributed by atoms with Crippen LogP contribution in [0.5, 0.6) is 0 Å². The average molecular weight is 603 g/mol. The number of halogens is 2. The van der Waals surface area contributed by atoms with E-state index in [4.69, 9.17) is 28.9 Å². The molecular formula is C34H33Cl2N3OS. The van der Waals surface area contributed by atoms with Gasteiger partial charge in [-0.05, 0) is 79.6 Å². The summed E-state index contributed by atoms with van der Waals surface area (Å²) in [6, 6.07) is 20.2. The number of carbonyl (C=O) groups excluding carboxylic acids is 1. The van der Waals surface area contributed by atoms with Crippen molar-refractivity contribution in [2.45, 2.75) is 64.0 Å².